The van der Waals surface area contributed by atoms with Gasteiger partial charge in [-0.25, -0.2) is 4.98 Å². The van der Waals surface area contributed by atoms with E-state index in [9.17, 15) is 0 Å². The molecule has 1 aromatic heterocycles. The number of anilines is 1. The number of ether oxygens (including phenoxy) is 1. The Morgan fingerprint density at radius 2 is 2.00 bits per heavy atom. The van der Waals surface area contributed by atoms with Gasteiger partial charge in [0.25, 0.3) is 0 Å². The van der Waals surface area contributed by atoms with Gasteiger partial charge in [-0.3, -0.25) is 0 Å². The van der Waals surface area contributed by atoms with Gasteiger partial charge in [0.05, 0.1) is 17.1 Å². The Morgan fingerprint density at radius 3 is 2.95 bits per heavy atom. The predicted molar refractivity (Wildman–Crippen MR) is 81.6 cm³/mol. The second-order valence-electron chi connectivity index (χ2n) is 6.01. The molecule has 5 rings (SSSR count). The van der Waals surface area contributed by atoms with E-state index in [1.807, 2.05) is 18.2 Å². The van der Waals surface area contributed by atoms with Crippen molar-refractivity contribution in [3.8, 4) is 5.75 Å². The number of hydrogen-bond donors (Lipinski definition) is 1. The van der Waals surface area contributed by atoms with Crippen LogP contribution in [0.25, 0.3) is 11.0 Å². The first kappa shape index (κ1) is 11.2. The van der Waals surface area contributed by atoms with Gasteiger partial charge >= 0.3 is 0 Å². The number of fused-ring (bicyclic) bond motifs is 8. The summed E-state index contributed by atoms with van der Waals surface area (Å²) >= 11 is 0. The Bertz CT molecular complexity index is 869. The molecule has 2 bridgehead atoms. The normalized spacial score (nSPS) is 25.7. The van der Waals surface area contributed by atoms with Gasteiger partial charge in [0, 0.05) is 12.0 Å². The molecule has 0 fully saturated rings. The van der Waals surface area contributed by atoms with Gasteiger partial charge in [-0.15, -0.1) is 0 Å². The molecule has 0 saturated heterocycles. The summed E-state index contributed by atoms with van der Waals surface area (Å²) in [7, 11) is 0. The van der Waals surface area contributed by atoms with E-state index >= 15 is 0 Å². The van der Waals surface area contributed by atoms with Crippen molar-refractivity contribution < 1.29 is 4.74 Å². The third-order valence-electron chi connectivity index (χ3n) is 4.48. The Labute approximate surface area is 122 Å². The fourth-order valence-corrected chi connectivity index (χ4v) is 3.60. The molecule has 104 valence electrons. The van der Waals surface area contributed by atoms with E-state index < -0.39 is 5.72 Å². The highest BCUT2D eigenvalue weighted by atomic mass is 16.5. The lowest BCUT2D eigenvalue weighted by Crippen LogP contribution is -2.50. The summed E-state index contributed by atoms with van der Waals surface area (Å²) < 4.78 is 8.48. The lowest BCUT2D eigenvalue weighted by molar-refractivity contribution is 0.0655. The van der Waals surface area contributed by atoms with Crippen molar-refractivity contribution in [1.29, 1.82) is 0 Å². The average molecular weight is 277 g/mol. The summed E-state index contributed by atoms with van der Waals surface area (Å²) in [6, 6.07) is 16.9. The van der Waals surface area contributed by atoms with E-state index in [-0.39, 0.29) is 6.04 Å². The van der Waals surface area contributed by atoms with Gasteiger partial charge < -0.3 is 14.6 Å². The number of aromatic nitrogens is 2. The quantitative estimate of drug-likeness (QED) is 0.683. The van der Waals surface area contributed by atoms with Crippen LogP contribution in [-0.4, -0.2) is 15.3 Å². The van der Waals surface area contributed by atoms with Crippen LogP contribution in [0.4, 0.5) is 5.95 Å². The van der Waals surface area contributed by atoms with E-state index in [2.05, 4.69) is 47.1 Å². The molecule has 2 atom stereocenters. The molecule has 0 saturated carbocycles. The van der Waals surface area contributed by atoms with Gasteiger partial charge in [0.15, 0.2) is 5.72 Å². The highest BCUT2D eigenvalue weighted by molar-refractivity contribution is 5.79. The molecule has 21 heavy (non-hydrogen) atoms. The molecule has 4 nitrogen and oxygen atoms in total. The van der Waals surface area contributed by atoms with E-state index in [0.717, 1.165) is 23.6 Å². The number of nitrogens with zero attached hydrogens (tertiary/aromatic N) is 2. The predicted octanol–water partition coefficient (Wildman–Crippen LogP) is 3.55. The summed E-state index contributed by atoms with van der Waals surface area (Å²) in [6.45, 7) is 2.10. The van der Waals surface area contributed by atoms with Crippen molar-refractivity contribution in [2.75, 3.05) is 5.32 Å². The van der Waals surface area contributed by atoms with E-state index in [4.69, 9.17) is 9.72 Å². The van der Waals surface area contributed by atoms with Gasteiger partial charge in [0.2, 0.25) is 5.95 Å². The molecule has 0 radical (unpaired) electrons. The van der Waals surface area contributed by atoms with Gasteiger partial charge in [-0.2, -0.15) is 0 Å². The fraction of sp³-hybridized carbons (Fsp3) is 0.235. The fourth-order valence-electron chi connectivity index (χ4n) is 3.60. The van der Waals surface area contributed by atoms with Crippen LogP contribution < -0.4 is 10.1 Å². The number of benzene rings is 2. The molecule has 4 heteroatoms. The molecule has 3 heterocycles. The zero-order valence-corrected chi connectivity index (χ0v) is 11.7. The molecule has 0 aliphatic carbocycles. The number of para-hydroxylation sites is 3. The number of nitrogens with one attached hydrogen (secondary N) is 1. The number of imidazole rings is 1. The van der Waals surface area contributed by atoms with Crippen LogP contribution in [0.3, 0.4) is 0 Å². The second-order valence-corrected chi connectivity index (χ2v) is 6.01. The van der Waals surface area contributed by atoms with Crippen molar-refractivity contribution in [1.82, 2.24) is 9.55 Å². The summed E-state index contributed by atoms with van der Waals surface area (Å²) in [6.07, 6.45) is 0.900. The van der Waals surface area contributed by atoms with Crippen LogP contribution in [0.15, 0.2) is 48.5 Å². The van der Waals surface area contributed by atoms with Crippen LogP contribution in [0.2, 0.25) is 0 Å². The van der Waals surface area contributed by atoms with Crippen LogP contribution in [0.1, 0.15) is 24.9 Å². The molecule has 0 spiro atoms. The minimum Gasteiger partial charge on any atom is -0.468 e. The van der Waals surface area contributed by atoms with Crippen molar-refractivity contribution in [3.63, 3.8) is 0 Å². The monoisotopic (exact) mass is 277 g/mol. The lowest BCUT2D eigenvalue weighted by atomic mass is 9.91. The maximum absolute atomic E-state index is 6.18. The summed E-state index contributed by atoms with van der Waals surface area (Å²) in [4.78, 5) is 4.73. The molecular formula is C17H15N3O. The van der Waals surface area contributed by atoms with E-state index in [1.54, 1.807) is 0 Å². The molecule has 1 N–H and O–H groups in total. The third-order valence-corrected chi connectivity index (χ3v) is 4.48. The zero-order chi connectivity index (χ0) is 14.0. The Kier molecular flexibility index (Phi) is 1.91. The first-order valence-corrected chi connectivity index (χ1v) is 7.27. The topological polar surface area (TPSA) is 39.1 Å². The van der Waals surface area contributed by atoms with Gasteiger partial charge in [0.1, 0.15) is 5.75 Å². The SMILES string of the molecule is C[C@@]12C[C@@H](c3ccccc3O1)n1c(nc3ccccc31)N2. The minimum atomic E-state index is -0.392. The summed E-state index contributed by atoms with van der Waals surface area (Å²) in [5.74, 6) is 1.86. The smallest absolute Gasteiger partial charge is 0.207 e. The van der Waals surface area contributed by atoms with E-state index in [0.29, 0.717) is 0 Å². The van der Waals surface area contributed by atoms with E-state index in [1.165, 1.54) is 11.1 Å². The van der Waals surface area contributed by atoms with Gasteiger partial charge in [-0.1, -0.05) is 30.3 Å². The summed E-state index contributed by atoms with van der Waals surface area (Å²) in [5, 5.41) is 3.46. The van der Waals surface area contributed by atoms with Crippen LogP contribution in [0.5, 0.6) is 5.75 Å². The highest BCUT2D eigenvalue weighted by Gasteiger charge is 2.44. The Hall–Kier alpha value is -2.49. The average Bonchev–Trinajstić information content (AvgIpc) is 2.83. The summed E-state index contributed by atoms with van der Waals surface area (Å²) in [5.41, 5.74) is 3.04. The maximum atomic E-state index is 6.18. The van der Waals surface area contributed by atoms with Crippen molar-refractivity contribution in [2.24, 2.45) is 0 Å². The second kappa shape index (κ2) is 3.58. The maximum Gasteiger partial charge on any atom is 0.207 e. The third kappa shape index (κ3) is 1.42. The number of rotatable bonds is 0. The lowest BCUT2D eigenvalue weighted by Gasteiger charge is -2.45. The molecule has 2 aliphatic heterocycles. The Balaban J connectivity index is 1.84. The van der Waals surface area contributed by atoms with Crippen molar-refractivity contribution in [3.05, 3.63) is 54.1 Å². The Morgan fingerprint density at radius 1 is 1.19 bits per heavy atom. The zero-order valence-electron chi connectivity index (χ0n) is 11.7. The van der Waals surface area contributed by atoms with Crippen molar-refractivity contribution >= 4 is 17.0 Å². The van der Waals surface area contributed by atoms with Crippen LogP contribution in [0, 0.1) is 0 Å². The standard InChI is InChI=1S/C17H15N3O/c1-17-10-14(11-6-2-5-9-15(11)21-17)20-13-8-4-3-7-12(13)18-16(20)19-17/h2-9,14H,10H2,1H3,(H,18,19)/t14-,17-/m0/s1. The van der Waals surface area contributed by atoms with Crippen LogP contribution in [-0.2, 0) is 0 Å². The number of hydrogen-bond acceptors (Lipinski definition) is 3. The first-order chi connectivity index (χ1) is 10.2. The first-order valence-electron chi connectivity index (χ1n) is 7.27. The molecule has 2 aromatic carbocycles. The van der Waals surface area contributed by atoms with Crippen LogP contribution >= 0.6 is 0 Å². The molecule has 3 aromatic rings. The highest BCUT2D eigenvalue weighted by Crippen LogP contribution is 2.47. The van der Waals surface area contributed by atoms with Crippen molar-refractivity contribution in [2.45, 2.75) is 25.1 Å². The molecule has 0 amide bonds. The molecule has 0 unspecified atom stereocenters. The largest absolute Gasteiger partial charge is 0.468 e. The molecular weight excluding hydrogens is 262 g/mol. The minimum absolute atomic E-state index is 0.267. The molecule has 2 aliphatic rings. The van der Waals surface area contributed by atoms with Gasteiger partial charge in [-0.05, 0) is 25.1 Å².